The van der Waals surface area contributed by atoms with Crippen LogP contribution in [0.15, 0.2) is 30.5 Å². The molecule has 4 heteroatoms. The minimum atomic E-state index is 0.202. The summed E-state index contributed by atoms with van der Waals surface area (Å²) in [5.74, 6) is 2.06. The zero-order chi connectivity index (χ0) is 13.2. The predicted octanol–water partition coefficient (Wildman–Crippen LogP) is 2.43. The fraction of sp³-hybridized carbons (Fsp3) is 0.400. The molecular formula is C15H18N2O2. The largest absolute Gasteiger partial charge is 0.497 e. The van der Waals surface area contributed by atoms with Gasteiger partial charge in [0, 0.05) is 29.9 Å². The van der Waals surface area contributed by atoms with Crippen LogP contribution in [0, 0.1) is 0 Å². The minimum absolute atomic E-state index is 0.202. The zero-order valence-electron chi connectivity index (χ0n) is 11.0. The molecule has 1 aliphatic rings. The molecule has 0 saturated carbocycles. The summed E-state index contributed by atoms with van der Waals surface area (Å²) in [5, 5.41) is 9.43. The van der Waals surface area contributed by atoms with Crippen LogP contribution in [0.1, 0.15) is 24.5 Å². The van der Waals surface area contributed by atoms with Crippen LogP contribution in [-0.4, -0.2) is 28.4 Å². The number of rotatable bonds is 3. The van der Waals surface area contributed by atoms with E-state index in [0.29, 0.717) is 0 Å². The molecule has 0 saturated heterocycles. The van der Waals surface area contributed by atoms with Gasteiger partial charge in [-0.3, -0.25) is 0 Å². The van der Waals surface area contributed by atoms with Gasteiger partial charge in [0.05, 0.1) is 13.7 Å². The van der Waals surface area contributed by atoms with Crippen molar-refractivity contribution in [3.63, 3.8) is 0 Å². The van der Waals surface area contributed by atoms with Crippen LogP contribution in [0.3, 0.4) is 0 Å². The lowest BCUT2D eigenvalue weighted by Crippen LogP contribution is -2.18. The van der Waals surface area contributed by atoms with Crippen molar-refractivity contribution in [3.05, 3.63) is 36.2 Å². The van der Waals surface area contributed by atoms with Crippen LogP contribution in [0.25, 0.3) is 11.4 Å². The maximum atomic E-state index is 9.43. The highest BCUT2D eigenvalue weighted by atomic mass is 16.5. The first-order valence-corrected chi connectivity index (χ1v) is 6.64. The molecular weight excluding hydrogens is 240 g/mol. The average molecular weight is 258 g/mol. The second kappa shape index (κ2) is 5.05. The highest BCUT2D eigenvalue weighted by Gasteiger charge is 2.23. The standard InChI is InChI=1S/C15H18N2O2/c1-19-13-6-4-11(5-7-13)15-16-9-14-12(10-18)3-2-8-17(14)15/h4-7,9,12,18H,2-3,8,10H2,1H3. The first-order valence-electron chi connectivity index (χ1n) is 6.64. The number of aliphatic hydroxyl groups excluding tert-OH is 1. The highest BCUT2D eigenvalue weighted by molar-refractivity contribution is 5.57. The van der Waals surface area contributed by atoms with Gasteiger partial charge in [0.15, 0.2) is 0 Å². The Balaban J connectivity index is 1.99. The van der Waals surface area contributed by atoms with Gasteiger partial charge in [-0.15, -0.1) is 0 Å². The molecule has 4 nitrogen and oxygen atoms in total. The topological polar surface area (TPSA) is 47.3 Å². The Morgan fingerprint density at radius 1 is 1.37 bits per heavy atom. The molecule has 3 rings (SSSR count). The summed E-state index contributed by atoms with van der Waals surface area (Å²) in [7, 11) is 1.66. The first-order chi connectivity index (χ1) is 9.33. The number of hydrogen-bond donors (Lipinski definition) is 1. The Labute approximate surface area is 112 Å². The monoisotopic (exact) mass is 258 g/mol. The van der Waals surface area contributed by atoms with Gasteiger partial charge in [0.2, 0.25) is 0 Å². The van der Waals surface area contributed by atoms with E-state index < -0.39 is 0 Å². The van der Waals surface area contributed by atoms with Gasteiger partial charge in [-0.25, -0.2) is 4.98 Å². The molecule has 1 aliphatic heterocycles. The Kier molecular flexibility index (Phi) is 3.25. The molecule has 19 heavy (non-hydrogen) atoms. The van der Waals surface area contributed by atoms with E-state index in [4.69, 9.17) is 4.74 Å². The third kappa shape index (κ3) is 2.12. The highest BCUT2D eigenvalue weighted by Crippen LogP contribution is 2.31. The van der Waals surface area contributed by atoms with E-state index in [1.54, 1.807) is 7.11 Å². The molecule has 0 bridgehead atoms. The van der Waals surface area contributed by atoms with Crippen LogP contribution in [-0.2, 0) is 6.54 Å². The molecule has 1 unspecified atom stereocenters. The van der Waals surface area contributed by atoms with E-state index in [2.05, 4.69) is 9.55 Å². The minimum Gasteiger partial charge on any atom is -0.497 e. The van der Waals surface area contributed by atoms with Crippen LogP contribution in [0.2, 0.25) is 0 Å². The molecule has 1 aromatic carbocycles. The van der Waals surface area contributed by atoms with Gasteiger partial charge in [-0.2, -0.15) is 0 Å². The Morgan fingerprint density at radius 2 is 2.16 bits per heavy atom. The van der Waals surface area contributed by atoms with Crippen molar-refractivity contribution >= 4 is 0 Å². The molecule has 100 valence electrons. The van der Waals surface area contributed by atoms with Crippen molar-refractivity contribution in [1.82, 2.24) is 9.55 Å². The lowest BCUT2D eigenvalue weighted by atomic mass is 9.97. The van der Waals surface area contributed by atoms with E-state index in [0.717, 1.165) is 42.2 Å². The Morgan fingerprint density at radius 3 is 2.84 bits per heavy atom. The van der Waals surface area contributed by atoms with Gasteiger partial charge in [-0.05, 0) is 37.1 Å². The number of ether oxygens (including phenoxy) is 1. The van der Waals surface area contributed by atoms with E-state index in [1.807, 2.05) is 30.5 Å². The summed E-state index contributed by atoms with van der Waals surface area (Å²) < 4.78 is 7.40. The zero-order valence-corrected chi connectivity index (χ0v) is 11.0. The van der Waals surface area contributed by atoms with Gasteiger partial charge in [0.1, 0.15) is 11.6 Å². The second-order valence-corrected chi connectivity index (χ2v) is 4.91. The molecule has 0 fully saturated rings. The summed E-state index contributed by atoms with van der Waals surface area (Å²) >= 11 is 0. The SMILES string of the molecule is COc1ccc(-c2ncc3n2CCCC3CO)cc1. The second-order valence-electron chi connectivity index (χ2n) is 4.91. The van der Waals surface area contributed by atoms with E-state index in [9.17, 15) is 5.11 Å². The lowest BCUT2D eigenvalue weighted by Gasteiger charge is -2.23. The Hall–Kier alpha value is -1.81. The van der Waals surface area contributed by atoms with Crippen LogP contribution in [0.4, 0.5) is 0 Å². The predicted molar refractivity (Wildman–Crippen MR) is 73.3 cm³/mol. The number of nitrogens with zero attached hydrogens (tertiary/aromatic N) is 2. The van der Waals surface area contributed by atoms with Crippen molar-refractivity contribution in [2.45, 2.75) is 25.3 Å². The van der Waals surface area contributed by atoms with Gasteiger partial charge >= 0.3 is 0 Å². The fourth-order valence-corrected chi connectivity index (χ4v) is 2.75. The summed E-state index contributed by atoms with van der Waals surface area (Å²) in [6.45, 7) is 1.18. The fourth-order valence-electron chi connectivity index (χ4n) is 2.75. The lowest BCUT2D eigenvalue weighted by molar-refractivity contribution is 0.241. The van der Waals surface area contributed by atoms with Crippen molar-refractivity contribution < 1.29 is 9.84 Å². The molecule has 0 aliphatic carbocycles. The number of fused-ring (bicyclic) bond motifs is 1. The number of hydrogen-bond acceptors (Lipinski definition) is 3. The number of aromatic nitrogens is 2. The summed E-state index contributed by atoms with van der Waals surface area (Å²) in [6.07, 6.45) is 4.04. The molecule has 0 radical (unpaired) electrons. The van der Waals surface area contributed by atoms with Crippen molar-refractivity contribution in [2.24, 2.45) is 0 Å². The number of benzene rings is 1. The Bertz CT molecular complexity index is 560. The first kappa shape index (κ1) is 12.2. The molecule has 0 spiro atoms. The van der Waals surface area contributed by atoms with E-state index >= 15 is 0 Å². The maximum Gasteiger partial charge on any atom is 0.140 e. The number of aliphatic hydroxyl groups is 1. The van der Waals surface area contributed by atoms with Crippen LogP contribution in [0.5, 0.6) is 5.75 Å². The van der Waals surface area contributed by atoms with Crippen molar-refractivity contribution in [1.29, 1.82) is 0 Å². The average Bonchev–Trinajstić information content (AvgIpc) is 2.91. The third-order valence-electron chi connectivity index (χ3n) is 3.81. The molecule has 2 aromatic rings. The summed E-state index contributed by atoms with van der Waals surface area (Å²) in [4.78, 5) is 4.53. The molecule has 0 amide bonds. The number of methoxy groups -OCH3 is 1. The van der Waals surface area contributed by atoms with Gasteiger partial charge in [0.25, 0.3) is 0 Å². The quantitative estimate of drug-likeness (QED) is 0.919. The van der Waals surface area contributed by atoms with Crippen molar-refractivity contribution in [2.75, 3.05) is 13.7 Å². The van der Waals surface area contributed by atoms with Crippen molar-refractivity contribution in [3.8, 4) is 17.1 Å². The van der Waals surface area contributed by atoms with Crippen LogP contribution >= 0.6 is 0 Å². The summed E-state index contributed by atoms with van der Waals surface area (Å²) in [6, 6.07) is 7.95. The molecule has 1 N–H and O–H groups in total. The molecule has 1 atom stereocenters. The maximum absolute atomic E-state index is 9.43. The van der Waals surface area contributed by atoms with E-state index in [-0.39, 0.29) is 12.5 Å². The molecule has 2 heterocycles. The third-order valence-corrected chi connectivity index (χ3v) is 3.81. The van der Waals surface area contributed by atoms with Gasteiger partial charge in [-0.1, -0.05) is 0 Å². The summed E-state index contributed by atoms with van der Waals surface area (Å²) in [5.41, 5.74) is 2.24. The normalized spacial score (nSPS) is 18.1. The number of imidazole rings is 1. The molecule has 1 aromatic heterocycles. The van der Waals surface area contributed by atoms with Gasteiger partial charge < -0.3 is 14.4 Å². The van der Waals surface area contributed by atoms with E-state index in [1.165, 1.54) is 0 Å². The smallest absolute Gasteiger partial charge is 0.140 e. The van der Waals surface area contributed by atoms with Crippen LogP contribution < -0.4 is 4.74 Å².